The highest BCUT2D eigenvalue weighted by Gasteiger charge is 2.13. The molecule has 0 atom stereocenters. The fraction of sp³-hybridized carbons (Fsp3) is 0.333. The number of aromatic nitrogens is 1. The monoisotopic (exact) mass is 238 g/mol. The molecule has 1 aromatic heterocycles. The van der Waals surface area contributed by atoms with Crippen LogP contribution < -0.4 is 10.1 Å². The van der Waals surface area contributed by atoms with Crippen molar-refractivity contribution in [2.45, 2.75) is 13.5 Å². The first kappa shape index (κ1) is 11.3. The van der Waals surface area contributed by atoms with Gasteiger partial charge in [0.15, 0.2) is 0 Å². The van der Waals surface area contributed by atoms with Crippen molar-refractivity contribution in [1.29, 1.82) is 0 Å². The number of hydrogen-bond donors (Lipinski definition) is 2. The summed E-state index contributed by atoms with van der Waals surface area (Å²) in [6.45, 7) is 2.86. The molecule has 1 heterocycles. The molecule has 0 amide bonds. The summed E-state index contributed by atoms with van der Waals surface area (Å²) >= 11 is 6.21. The van der Waals surface area contributed by atoms with Crippen molar-refractivity contribution < 1.29 is 4.74 Å². The zero-order chi connectivity index (χ0) is 11.7. The van der Waals surface area contributed by atoms with Crippen LogP contribution in [0.2, 0.25) is 5.02 Å². The fourth-order valence-electron chi connectivity index (χ4n) is 1.97. The summed E-state index contributed by atoms with van der Waals surface area (Å²) in [4.78, 5) is 3.35. The molecule has 0 aliphatic heterocycles. The largest absolute Gasteiger partial charge is 0.495 e. The van der Waals surface area contributed by atoms with Crippen LogP contribution >= 0.6 is 11.6 Å². The molecule has 0 fully saturated rings. The van der Waals surface area contributed by atoms with Gasteiger partial charge in [-0.15, -0.1) is 0 Å². The zero-order valence-electron chi connectivity index (χ0n) is 9.65. The molecule has 86 valence electrons. The molecule has 4 heteroatoms. The second kappa shape index (κ2) is 4.36. The predicted octanol–water partition coefficient (Wildman–Crippen LogP) is 2.86. The Morgan fingerprint density at radius 2 is 2.19 bits per heavy atom. The van der Waals surface area contributed by atoms with Crippen molar-refractivity contribution in [3.05, 3.63) is 28.4 Å². The van der Waals surface area contributed by atoms with E-state index in [1.54, 1.807) is 7.11 Å². The van der Waals surface area contributed by atoms with Crippen LogP contribution in [-0.2, 0) is 6.54 Å². The minimum Gasteiger partial charge on any atom is -0.495 e. The lowest BCUT2D eigenvalue weighted by Gasteiger charge is -2.02. The predicted molar refractivity (Wildman–Crippen MR) is 67.4 cm³/mol. The van der Waals surface area contributed by atoms with E-state index in [0.717, 1.165) is 33.9 Å². The Morgan fingerprint density at radius 3 is 2.81 bits per heavy atom. The number of H-pyrrole nitrogens is 1. The van der Waals surface area contributed by atoms with Gasteiger partial charge in [-0.05, 0) is 31.7 Å². The first-order valence-electron chi connectivity index (χ1n) is 5.17. The van der Waals surface area contributed by atoms with Crippen LogP contribution in [0.1, 0.15) is 11.3 Å². The topological polar surface area (TPSA) is 37.0 Å². The molecule has 0 bridgehead atoms. The number of nitrogens with one attached hydrogen (secondary N) is 2. The highest BCUT2D eigenvalue weighted by atomic mass is 35.5. The van der Waals surface area contributed by atoms with Gasteiger partial charge in [0.25, 0.3) is 0 Å². The third-order valence-corrected chi connectivity index (χ3v) is 3.11. The first-order valence-corrected chi connectivity index (χ1v) is 5.55. The smallest absolute Gasteiger partial charge is 0.143 e. The Bertz CT molecular complexity index is 519. The molecule has 0 unspecified atom stereocenters. The van der Waals surface area contributed by atoms with Crippen molar-refractivity contribution in [2.24, 2.45) is 0 Å². The van der Waals surface area contributed by atoms with Crippen LogP contribution in [0.25, 0.3) is 10.9 Å². The van der Waals surface area contributed by atoms with Crippen LogP contribution in [0, 0.1) is 6.92 Å². The van der Waals surface area contributed by atoms with Gasteiger partial charge in [-0.25, -0.2) is 0 Å². The molecule has 0 aliphatic rings. The number of aryl methyl sites for hydroxylation is 1. The van der Waals surface area contributed by atoms with Gasteiger partial charge in [0, 0.05) is 17.6 Å². The number of aromatic amines is 1. The number of hydrogen-bond acceptors (Lipinski definition) is 2. The molecule has 2 aromatic rings. The van der Waals surface area contributed by atoms with Crippen molar-refractivity contribution in [3.63, 3.8) is 0 Å². The Morgan fingerprint density at radius 1 is 1.44 bits per heavy atom. The van der Waals surface area contributed by atoms with Gasteiger partial charge in [0.1, 0.15) is 5.75 Å². The molecule has 16 heavy (non-hydrogen) atoms. The van der Waals surface area contributed by atoms with Gasteiger partial charge in [-0.1, -0.05) is 11.6 Å². The number of halogens is 1. The van der Waals surface area contributed by atoms with Crippen LogP contribution in [0.15, 0.2) is 12.1 Å². The third-order valence-electron chi connectivity index (χ3n) is 2.79. The SMILES string of the molecule is CNCc1[nH]c2c(OC)ccc(Cl)c2c1C. The zero-order valence-corrected chi connectivity index (χ0v) is 10.4. The van der Waals surface area contributed by atoms with E-state index in [2.05, 4.69) is 17.2 Å². The summed E-state index contributed by atoms with van der Waals surface area (Å²) in [6.07, 6.45) is 0. The molecule has 0 spiro atoms. The molecule has 0 aliphatic carbocycles. The third kappa shape index (κ3) is 1.66. The Hall–Kier alpha value is -1.19. The average molecular weight is 239 g/mol. The number of ether oxygens (including phenoxy) is 1. The van der Waals surface area contributed by atoms with Gasteiger partial charge < -0.3 is 15.0 Å². The van der Waals surface area contributed by atoms with E-state index in [-0.39, 0.29) is 0 Å². The average Bonchev–Trinajstić information content (AvgIpc) is 2.59. The minimum atomic E-state index is 0.756. The van der Waals surface area contributed by atoms with E-state index in [1.807, 2.05) is 19.2 Å². The number of rotatable bonds is 3. The summed E-state index contributed by atoms with van der Waals surface area (Å²) in [7, 11) is 3.58. The van der Waals surface area contributed by atoms with E-state index in [9.17, 15) is 0 Å². The number of methoxy groups -OCH3 is 1. The quantitative estimate of drug-likeness (QED) is 0.863. The Balaban J connectivity index is 2.73. The maximum atomic E-state index is 6.21. The first-order chi connectivity index (χ1) is 7.69. The van der Waals surface area contributed by atoms with E-state index >= 15 is 0 Å². The highest BCUT2D eigenvalue weighted by Crippen LogP contribution is 2.34. The number of fused-ring (bicyclic) bond motifs is 1. The van der Waals surface area contributed by atoms with E-state index in [0.29, 0.717) is 0 Å². The summed E-state index contributed by atoms with van der Waals surface area (Å²) in [6, 6.07) is 3.75. The molecular weight excluding hydrogens is 224 g/mol. The summed E-state index contributed by atoms with van der Waals surface area (Å²) in [5.74, 6) is 0.824. The second-order valence-electron chi connectivity index (χ2n) is 3.76. The van der Waals surface area contributed by atoms with Gasteiger partial charge in [-0.3, -0.25) is 0 Å². The summed E-state index contributed by atoms with van der Waals surface area (Å²) < 4.78 is 5.32. The highest BCUT2D eigenvalue weighted by molar-refractivity contribution is 6.36. The van der Waals surface area contributed by atoms with E-state index < -0.39 is 0 Å². The van der Waals surface area contributed by atoms with Crippen molar-refractivity contribution >= 4 is 22.5 Å². The van der Waals surface area contributed by atoms with E-state index in [1.165, 1.54) is 5.56 Å². The lowest BCUT2D eigenvalue weighted by molar-refractivity contribution is 0.419. The molecule has 0 saturated carbocycles. The van der Waals surface area contributed by atoms with Gasteiger partial charge in [0.2, 0.25) is 0 Å². The molecule has 0 radical (unpaired) electrons. The Labute approximate surface area is 99.7 Å². The van der Waals surface area contributed by atoms with Gasteiger partial charge in [-0.2, -0.15) is 0 Å². The van der Waals surface area contributed by atoms with Gasteiger partial charge in [0.05, 0.1) is 17.6 Å². The van der Waals surface area contributed by atoms with Crippen molar-refractivity contribution in [1.82, 2.24) is 10.3 Å². The molecule has 0 saturated heterocycles. The molecule has 2 rings (SSSR count). The van der Waals surface area contributed by atoms with Gasteiger partial charge >= 0.3 is 0 Å². The maximum absolute atomic E-state index is 6.21. The molecule has 3 nitrogen and oxygen atoms in total. The lowest BCUT2D eigenvalue weighted by Crippen LogP contribution is -2.06. The molecule has 1 aromatic carbocycles. The fourth-order valence-corrected chi connectivity index (χ4v) is 2.27. The van der Waals surface area contributed by atoms with Crippen LogP contribution in [-0.4, -0.2) is 19.1 Å². The minimum absolute atomic E-state index is 0.756. The van der Waals surface area contributed by atoms with Crippen molar-refractivity contribution in [3.8, 4) is 5.75 Å². The lowest BCUT2D eigenvalue weighted by atomic mass is 10.1. The van der Waals surface area contributed by atoms with Crippen LogP contribution in [0.5, 0.6) is 5.75 Å². The molecular formula is C12H15ClN2O. The summed E-state index contributed by atoms with van der Waals surface area (Å²) in [5, 5.41) is 4.93. The standard InChI is InChI=1S/C12H15ClN2O/c1-7-9(6-14-2)15-12-10(16-3)5-4-8(13)11(7)12/h4-5,14-15H,6H2,1-3H3. The van der Waals surface area contributed by atoms with Crippen LogP contribution in [0.4, 0.5) is 0 Å². The summed E-state index contributed by atoms with van der Waals surface area (Å²) in [5.41, 5.74) is 3.29. The Kier molecular flexibility index (Phi) is 3.08. The molecule has 2 N–H and O–H groups in total. The maximum Gasteiger partial charge on any atom is 0.143 e. The van der Waals surface area contributed by atoms with Crippen molar-refractivity contribution in [2.75, 3.05) is 14.2 Å². The van der Waals surface area contributed by atoms with E-state index in [4.69, 9.17) is 16.3 Å². The second-order valence-corrected chi connectivity index (χ2v) is 4.17. The van der Waals surface area contributed by atoms with Crippen LogP contribution in [0.3, 0.4) is 0 Å². The number of benzene rings is 1. The normalized spacial score (nSPS) is 11.0.